The predicted octanol–water partition coefficient (Wildman–Crippen LogP) is 1.43. The van der Waals surface area contributed by atoms with Crippen LogP contribution in [0.5, 0.6) is 0 Å². The van der Waals surface area contributed by atoms with Crippen LogP contribution in [0.1, 0.15) is 46.5 Å². The summed E-state index contributed by atoms with van der Waals surface area (Å²) in [4.78, 5) is 12.5. The van der Waals surface area contributed by atoms with Gasteiger partial charge in [0.15, 0.2) is 0 Å². The minimum atomic E-state index is -1.20. The lowest BCUT2D eigenvalue weighted by Gasteiger charge is -2.54. The van der Waals surface area contributed by atoms with Crippen molar-refractivity contribution < 1.29 is 20.1 Å². The monoisotopic (exact) mass is 282 g/mol. The molecule has 3 N–H and O–H groups in total. The van der Waals surface area contributed by atoms with E-state index in [1.165, 1.54) is 0 Å². The zero-order valence-electron chi connectivity index (χ0n) is 12.6. The van der Waals surface area contributed by atoms with Crippen LogP contribution >= 0.6 is 0 Å². The van der Waals surface area contributed by atoms with Crippen LogP contribution in [0.3, 0.4) is 0 Å². The average molecular weight is 282 g/mol. The Morgan fingerprint density at radius 1 is 1.30 bits per heavy atom. The maximum Gasteiger partial charge on any atom is 0.144 e. The summed E-state index contributed by atoms with van der Waals surface area (Å²) in [7, 11) is 0. The van der Waals surface area contributed by atoms with Gasteiger partial charge in [-0.05, 0) is 51.9 Å². The molecule has 0 amide bonds. The molecule has 0 aliphatic heterocycles. The molecule has 1 saturated carbocycles. The fourth-order valence-electron chi connectivity index (χ4n) is 4.06. The first-order valence-electron chi connectivity index (χ1n) is 7.42. The molecule has 5 atom stereocenters. The van der Waals surface area contributed by atoms with E-state index in [0.717, 1.165) is 0 Å². The number of hydrogen-bond acceptors (Lipinski definition) is 4. The Balaban J connectivity index is 2.39. The standard InChI is InChI=1S/C16H26O4/c1-14(19)7-5-12-11(10-14)4-8-15(2,20)16(12,3)13(18)6-9-17/h4,8,11-12,17,19-20H,5-7,9-10H2,1-3H3. The Labute approximate surface area is 120 Å². The van der Waals surface area contributed by atoms with Gasteiger partial charge in [-0.3, -0.25) is 4.79 Å². The van der Waals surface area contributed by atoms with Gasteiger partial charge < -0.3 is 15.3 Å². The van der Waals surface area contributed by atoms with Crippen molar-refractivity contribution in [3.05, 3.63) is 12.2 Å². The number of carbonyl (C=O) groups excluding carboxylic acids is 1. The molecular weight excluding hydrogens is 256 g/mol. The second kappa shape index (κ2) is 4.93. The summed E-state index contributed by atoms with van der Waals surface area (Å²) in [6, 6.07) is 0. The zero-order valence-corrected chi connectivity index (χ0v) is 12.6. The highest BCUT2D eigenvalue weighted by molar-refractivity contribution is 5.87. The van der Waals surface area contributed by atoms with Crippen LogP contribution in [0, 0.1) is 17.3 Å². The Kier molecular flexibility index (Phi) is 3.87. The molecule has 0 spiro atoms. The summed E-state index contributed by atoms with van der Waals surface area (Å²) in [5, 5.41) is 30.0. The first kappa shape index (κ1) is 15.7. The second-order valence-corrected chi connectivity index (χ2v) is 7.12. The van der Waals surface area contributed by atoms with Crippen molar-refractivity contribution in [2.24, 2.45) is 17.3 Å². The van der Waals surface area contributed by atoms with Gasteiger partial charge in [-0.25, -0.2) is 0 Å². The van der Waals surface area contributed by atoms with E-state index in [1.807, 2.05) is 19.9 Å². The molecule has 0 heterocycles. The summed E-state index contributed by atoms with van der Waals surface area (Å²) in [6.07, 6.45) is 5.69. The largest absolute Gasteiger partial charge is 0.396 e. The Morgan fingerprint density at radius 3 is 2.55 bits per heavy atom. The third-order valence-electron chi connectivity index (χ3n) is 5.57. The highest BCUT2D eigenvalue weighted by Gasteiger charge is 2.57. The van der Waals surface area contributed by atoms with Crippen molar-refractivity contribution >= 4 is 5.78 Å². The number of allylic oxidation sites excluding steroid dienone is 1. The van der Waals surface area contributed by atoms with Gasteiger partial charge in [0.1, 0.15) is 5.78 Å². The summed E-state index contributed by atoms with van der Waals surface area (Å²) in [5.41, 5.74) is -2.80. The molecule has 2 aliphatic rings. The molecule has 114 valence electrons. The molecule has 4 heteroatoms. The number of carbonyl (C=O) groups is 1. The number of Topliss-reactive ketones (excluding diaryl/α,β-unsaturated/α-hetero) is 1. The van der Waals surface area contributed by atoms with Gasteiger partial charge in [0.05, 0.1) is 16.6 Å². The molecule has 5 unspecified atom stereocenters. The highest BCUT2D eigenvalue weighted by atomic mass is 16.3. The van der Waals surface area contributed by atoms with E-state index in [9.17, 15) is 15.0 Å². The number of hydrogen-bond donors (Lipinski definition) is 3. The molecule has 1 fully saturated rings. The van der Waals surface area contributed by atoms with Crippen molar-refractivity contribution in [2.75, 3.05) is 6.61 Å². The van der Waals surface area contributed by atoms with E-state index in [4.69, 9.17) is 5.11 Å². The van der Waals surface area contributed by atoms with Gasteiger partial charge in [0, 0.05) is 13.0 Å². The zero-order chi connectivity index (χ0) is 15.2. The summed E-state index contributed by atoms with van der Waals surface area (Å²) in [5.74, 6) is 0.0271. The fraction of sp³-hybridized carbons (Fsp3) is 0.812. The predicted molar refractivity (Wildman–Crippen MR) is 76.0 cm³/mol. The van der Waals surface area contributed by atoms with Crippen molar-refractivity contribution in [1.29, 1.82) is 0 Å². The van der Waals surface area contributed by atoms with Gasteiger partial charge >= 0.3 is 0 Å². The SMILES string of the molecule is CC1(O)CCC2C(C=CC(C)(O)C2(C)C(=O)CCO)C1. The quantitative estimate of drug-likeness (QED) is 0.684. The van der Waals surface area contributed by atoms with Crippen LogP contribution < -0.4 is 0 Å². The van der Waals surface area contributed by atoms with E-state index in [1.54, 1.807) is 13.0 Å². The summed E-state index contributed by atoms with van der Waals surface area (Å²) >= 11 is 0. The van der Waals surface area contributed by atoms with Gasteiger partial charge in [-0.1, -0.05) is 12.2 Å². The van der Waals surface area contributed by atoms with E-state index >= 15 is 0 Å². The summed E-state index contributed by atoms with van der Waals surface area (Å²) in [6.45, 7) is 5.12. The van der Waals surface area contributed by atoms with E-state index in [-0.39, 0.29) is 30.6 Å². The Bertz CT molecular complexity index is 424. The number of rotatable bonds is 3. The van der Waals surface area contributed by atoms with Gasteiger partial charge in [-0.2, -0.15) is 0 Å². The lowest BCUT2D eigenvalue weighted by Crippen LogP contribution is -2.59. The maximum atomic E-state index is 12.5. The lowest BCUT2D eigenvalue weighted by molar-refractivity contribution is -0.158. The minimum absolute atomic E-state index is 0.0155. The molecule has 0 radical (unpaired) electrons. The van der Waals surface area contributed by atoms with Crippen LogP contribution in [-0.4, -0.2) is 38.9 Å². The second-order valence-electron chi connectivity index (χ2n) is 7.12. The topological polar surface area (TPSA) is 77.8 Å². The van der Waals surface area contributed by atoms with E-state index in [2.05, 4.69) is 0 Å². The molecule has 0 saturated heterocycles. The van der Waals surface area contributed by atoms with Crippen LogP contribution in [0.15, 0.2) is 12.2 Å². The number of fused-ring (bicyclic) bond motifs is 1. The molecular formula is C16H26O4. The third kappa shape index (κ3) is 2.34. The van der Waals surface area contributed by atoms with Gasteiger partial charge in [0.2, 0.25) is 0 Å². The maximum absolute atomic E-state index is 12.5. The van der Waals surface area contributed by atoms with E-state index in [0.29, 0.717) is 19.3 Å². The molecule has 0 aromatic rings. The molecule has 2 aliphatic carbocycles. The van der Waals surface area contributed by atoms with Crippen LogP contribution in [-0.2, 0) is 4.79 Å². The van der Waals surface area contributed by atoms with Gasteiger partial charge in [0.25, 0.3) is 0 Å². The van der Waals surface area contributed by atoms with Crippen molar-refractivity contribution in [3.63, 3.8) is 0 Å². The van der Waals surface area contributed by atoms with Crippen molar-refractivity contribution in [1.82, 2.24) is 0 Å². The Hall–Kier alpha value is -0.710. The lowest BCUT2D eigenvalue weighted by atomic mass is 9.51. The smallest absolute Gasteiger partial charge is 0.144 e. The molecule has 20 heavy (non-hydrogen) atoms. The highest BCUT2D eigenvalue weighted by Crippen LogP contribution is 2.54. The average Bonchev–Trinajstić information content (AvgIpc) is 2.33. The molecule has 0 bridgehead atoms. The normalized spacial score (nSPS) is 47.9. The fourth-order valence-corrected chi connectivity index (χ4v) is 4.06. The van der Waals surface area contributed by atoms with Crippen LogP contribution in [0.4, 0.5) is 0 Å². The number of aliphatic hydroxyl groups is 3. The molecule has 2 rings (SSSR count). The van der Waals surface area contributed by atoms with Crippen LogP contribution in [0.25, 0.3) is 0 Å². The minimum Gasteiger partial charge on any atom is -0.396 e. The van der Waals surface area contributed by atoms with Crippen LogP contribution in [0.2, 0.25) is 0 Å². The number of aliphatic hydroxyl groups excluding tert-OH is 1. The molecule has 0 aromatic carbocycles. The van der Waals surface area contributed by atoms with Crippen molar-refractivity contribution in [3.8, 4) is 0 Å². The first-order valence-corrected chi connectivity index (χ1v) is 7.42. The third-order valence-corrected chi connectivity index (χ3v) is 5.57. The number of ketones is 1. The molecule has 4 nitrogen and oxygen atoms in total. The summed E-state index contributed by atoms with van der Waals surface area (Å²) < 4.78 is 0. The first-order chi connectivity index (χ1) is 9.14. The van der Waals surface area contributed by atoms with E-state index < -0.39 is 16.6 Å². The van der Waals surface area contributed by atoms with Gasteiger partial charge in [-0.15, -0.1) is 0 Å². The molecule has 0 aromatic heterocycles. The Morgan fingerprint density at radius 2 is 1.95 bits per heavy atom. The van der Waals surface area contributed by atoms with Crippen molar-refractivity contribution in [2.45, 2.75) is 57.7 Å².